The van der Waals surface area contributed by atoms with Gasteiger partial charge in [0.2, 0.25) is 5.91 Å². The van der Waals surface area contributed by atoms with Crippen LogP contribution in [0, 0.1) is 0 Å². The highest BCUT2D eigenvalue weighted by Crippen LogP contribution is 2.35. The van der Waals surface area contributed by atoms with Gasteiger partial charge in [-0.15, -0.1) is 0 Å². The van der Waals surface area contributed by atoms with Crippen LogP contribution in [-0.2, 0) is 16.0 Å². The molecule has 31 heavy (non-hydrogen) atoms. The number of ether oxygens (including phenoxy) is 2. The van der Waals surface area contributed by atoms with Crippen molar-refractivity contribution in [3.8, 4) is 5.75 Å². The smallest absolute Gasteiger partial charge is 0.233 e. The highest BCUT2D eigenvalue weighted by atomic mass is 32.1. The molecule has 1 aromatic heterocycles. The van der Waals surface area contributed by atoms with E-state index in [2.05, 4.69) is 18.2 Å². The Kier molecular flexibility index (Phi) is 5.57. The molecule has 1 atom stereocenters. The van der Waals surface area contributed by atoms with Crippen LogP contribution in [0.4, 0.5) is 5.13 Å². The number of benzene rings is 3. The zero-order valence-electron chi connectivity index (χ0n) is 17.4. The number of nitrogens with zero attached hydrogens (tertiary/aromatic N) is 2. The molecule has 1 fully saturated rings. The van der Waals surface area contributed by atoms with Gasteiger partial charge in [-0.1, -0.05) is 59.9 Å². The fraction of sp³-hybridized carbons (Fsp3) is 0.280. The number of fused-ring (bicyclic) bond motifs is 2. The molecule has 6 heteroatoms. The molecule has 0 radical (unpaired) electrons. The van der Waals surface area contributed by atoms with Gasteiger partial charge in [0.25, 0.3) is 0 Å². The Balaban J connectivity index is 1.50. The fourth-order valence-corrected chi connectivity index (χ4v) is 5.18. The Morgan fingerprint density at radius 3 is 2.84 bits per heavy atom. The molecule has 1 amide bonds. The van der Waals surface area contributed by atoms with Crippen LogP contribution in [0.3, 0.4) is 0 Å². The summed E-state index contributed by atoms with van der Waals surface area (Å²) >= 11 is 1.52. The Labute approximate surface area is 185 Å². The monoisotopic (exact) mass is 432 g/mol. The molecular formula is C25H24N2O3S. The normalized spacial score (nSPS) is 16.1. The number of thiazole rings is 1. The largest absolute Gasteiger partial charge is 0.494 e. The first kappa shape index (κ1) is 20.0. The lowest BCUT2D eigenvalue weighted by Gasteiger charge is -2.23. The standard InChI is InChI=1S/C25H24N2O3S/c1-29-21-12-5-13-22-24(21)26-25(31-22)27(16-19-10-6-14-30-19)23(28)15-18-9-4-8-17-7-2-3-11-20(17)18/h2-5,7-9,11-13,19H,6,10,14-16H2,1H3. The fourth-order valence-electron chi connectivity index (χ4n) is 4.18. The summed E-state index contributed by atoms with van der Waals surface area (Å²) in [7, 11) is 1.64. The summed E-state index contributed by atoms with van der Waals surface area (Å²) in [6.45, 7) is 1.27. The molecule has 0 bridgehead atoms. The molecular weight excluding hydrogens is 408 g/mol. The van der Waals surface area contributed by atoms with E-state index in [0.29, 0.717) is 18.1 Å². The third-order valence-corrected chi connectivity index (χ3v) is 6.80. The number of rotatable bonds is 6. The first-order valence-electron chi connectivity index (χ1n) is 10.5. The molecule has 2 heterocycles. The molecule has 0 spiro atoms. The third-order valence-electron chi connectivity index (χ3n) is 5.75. The summed E-state index contributed by atoms with van der Waals surface area (Å²) < 4.78 is 12.3. The Hall–Kier alpha value is -2.96. The van der Waals surface area contributed by atoms with Crippen LogP contribution in [0.5, 0.6) is 5.75 Å². The maximum atomic E-state index is 13.6. The van der Waals surface area contributed by atoms with E-state index in [1.807, 2.05) is 47.4 Å². The van der Waals surface area contributed by atoms with Crippen molar-refractivity contribution in [2.75, 3.05) is 25.2 Å². The van der Waals surface area contributed by atoms with E-state index in [0.717, 1.165) is 51.8 Å². The number of anilines is 1. The van der Waals surface area contributed by atoms with Gasteiger partial charge in [-0.05, 0) is 41.3 Å². The van der Waals surface area contributed by atoms with E-state index in [9.17, 15) is 4.79 Å². The number of carbonyl (C=O) groups is 1. The number of carbonyl (C=O) groups excluding carboxylic acids is 1. The van der Waals surface area contributed by atoms with Gasteiger partial charge in [-0.2, -0.15) is 0 Å². The second kappa shape index (κ2) is 8.65. The highest BCUT2D eigenvalue weighted by Gasteiger charge is 2.27. The Morgan fingerprint density at radius 1 is 1.16 bits per heavy atom. The number of amides is 1. The van der Waals surface area contributed by atoms with Gasteiger partial charge in [0, 0.05) is 6.61 Å². The van der Waals surface area contributed by atoms with Crippen molar-refractivity contribution in [3.05, 3.63) is 66.2 Å². The van der Waals surface area contributed by atoms with Gasteiger partial charge in [0.05, 0.1) is 30.9 Å². The highest BCUT2D eigenvalue weighted by molar-refractivity contribution is 7.22. The molecule has 1 aliphatic heterocycles. The number of aromatic nitrogens is 1. The molecule has 1 saturated heterocycles. The first-order chi connectivity index (χ1) is 15.2. The maximum absolute atomic E-state index is 13.6. The zero-order chi connectivity index (χ0) is 21.2. The second-order valence-corrected chi connectivity index (χ2v) is 8.77. The topological polar surface area (TPSA) is 51.7 Å². The van der Waals surface area contributed by atoms with Crippen LogP contribution >= 0.6 is 11.3 Å². The Morgan fingerprint density at radius 2 is 2.00 bits per heavy atom. The van der Waals surface area contributed by atoms with Crippen molar-refractivity contribution in [2.45, 2.75) is 25.4 Å². The summed E-state index contributed by atoms with van der Waals surface area (Å²) in [5.41, 5.74) is 1.82. The van der Waals surface area contributed by atoms with E-state index >= 15 is 0 Å². The minimum Gasteiger partial charge on any atom is -0.494 e. The van der Waals surface area contributed by atoms with E-state index in [-0.39, 0.29) is 12.0 Å². The van der Waals surface area contributed by atoms with Crippen molar-refractivity contribution in [3.63, 3.8) is 0 Å². The van der Waals surface area contributed by atoms with Crippen molar-refractivity contribution in [1.82, 2.24) is 4.98 Å². The number of methoxy groups -OCH3 is 1. The van der Waals surface area contributed by atoms with Crippen LogP contribution < -0.4 is 9.64 Å². The minimum atomic E-state index is 0.0323. The molecule has 4 aromatic rings. The summed E-state index contributed by atoms with van der Waals surface area (Å²) in [6, 6.07) is 20.2. The molecule has 1 aliphatic rings. The van der Waals surface area contributed by atoms with Gasteiger partial charge in [-0.25, -0.2) is 4.98 Å². The van der Waals surface area contributed by atoms with Gasteiger partial charge in [-0.3, -0.25) is 9.69 Å². The lowest BCUT2D eigenvalue weighted by molar-refractivity contribution is -0.118. The van der Waals surface area contributed by atoms with Crippen molar-refractivity contribution >= 4 is 43.4 Å². The molecule has 0 N–H and O–H groups in total. The molecule has 0 aliphatic carbocycles. The quantitative estimate of drug-likeness (QED) is 0.420. The van der Waals surface area contributed by atoms with Crippen molar-refractivity contribution < 1.29 is 14.3 Å². The molecule has 3 aromatic carbocycles. The van der Waals surface area contributed by atoms with E-state index in [1.54, 1.807) is 7.11 Å². The summed E-state index contributed by atoms with van der Waals surface area (Å²) in [6.07, 6.45) is 2.36. The molecule has 158 valence electrons. The predicted octanol–water partition coefficient (Wildman–Crippen LogP) is 5.21. The average molecular weight is 433 g/mol. The van der Waals surface area contributed by atoms with E-state index in [4.69, 9.17) is 14.5 Å². The van der Waals surface area contributed by atoms with Crippen LogP contribution in [-0.4, -0.2) is 37.3 Å². The second-order valence-electron chi connectivity index (χ2n) is 7.76. The number of para-hydroxylation sites is 1. The van der Waals surface area contributed by atoms with Crippen LogP contribution in [0.15, 0.2) is 60.7 Å². The first-order valence-corrected chi connectivity index (χ1v) is 11.4. The molecule has 1 unspecified atom stereocenters. The summed E-state index contributed by atoms with van der Waals surface area (Å²) in [5.74, 6) is 0.753. The van der Waals surface area contributed by atoms with Crippen LogP contribution in [0.2, 0.25) is 0 Å². The van der Waals surface area contributed by atoms with Gasteiger partial charge in [0.1, 0.15) is 11.3 Å². The zero-order valence-corrected chi connectivity index (χ0v) is 18.2. The number of hydrogen-bond donors (Lipinski definition) is 0. The van der Waals surface area contributed by atoms with Gasteiger partial charge in [0.15, 0.2) is 5.13 Å². The molecule has 5 rings (SSSR count). The third kappa shape index (κ3) is 4.01. The minimum absolute atomic E-state index is 0.0323. The van der Waals surface area contributed by atoms with Crippen LogP contribution in [0.25, 0.3) is 21.0 Å². The SMILES string of the molecule is COc1cccc2sc(N(CC3CCCO3)C(=O)Cc3cccc4ccccc34)nc12. The van der Waals surface area contributed by atoms with Gasteiger partial charge >= 0.3 is 0 Å². The number of hydrogen-bond acceptors (Lipinski definition) is 5. The van der Waals surface area contributed by atoms with Crippen molar-refractivity contribution in [2.24, 2.45) is 0 Å². The average Bonchev–Trinajstić information content (AvgIpc) is 3.47. The summed E-state index contributed by atoms with van der Waals surface area (Å²) in [5, 5.41) is 2.95. The summed E-state index contributed by atoms with van der Waals surface area (Å²) in [4.78, 5) is 20.2. The molecule has 5 nitrogen and oxygen atoms in total. The maximum Gasteiger partial charge on any atom is 0.233 e. The Bertz CT molecular complexity index is 1220. The van der Waals surface area contributed by atoms with E-state index in [1.165, 1.54) is 11.3 Å². The van der Waals surface area contributed by atoms with Crippen molar-refractivity contribution in [1.29, 1.82) is 0 Å². The lowest BCUT2D eigenvalue weighted by Crippen LogP contribution is -2.38. The molecule has 0 saturated carbocycles. The lowest BCUT2D eigenvalue weighted by atomic mass is 10.0. The van der Waals surface area contributed by atoms with Crippen LogP contribution in [0.1, 0.15) is 18.4 Å². The van der Waals surface area contributed by atoms with Gasteiger partial charge < -0.3 is 9.47 Å². The predicted molar refractivity (Wildman–Crippen MR) is 125 cm³/mol. The van der Waals surface area contributed by atoms with E-state index < -0.39 is 0 Å².